The van der Waals surface area contributed by atoms with Crippen LogP contribution in [-0.2, 0) is 6.42 Å². The molecule has 1 amide bonds. The van der Waals surface area contributed by atoms with Crippen LogP contribution in [0.3, 0.4) is 0 Å². The molecule has 1 fully saturated rings. The third kappa shape index (κ3) is 3.59. The summed E-state index contributed by atoms with van der Waals surface area (Å²) in [6.45, 7) is 7.24. The fourth-order valence-electron chi connectivity index (χ4n) is 2.96. The molecule has 6 heteroatoms. The Bertz CT molecular complexity index is 724. The Morgan fingerprint density at radius 3 is 2.50 bits per heavy atom. The standard InChI is InChI=1S/C18H21BrN4O/c1-3-14-10-13(2)17(21-11-14)22-6-8-23(9-7-22)18(24)15-4-5-16(19)20-12-15/h4-5,10-12H,3,6-9H2,1-2H3. The van der Waals surface area contributed by atoms with Gasteiger partial charge in [-0.3, -0.25) is 4.79 Å². The Kier molecular flexibility index (Phi) is 5.14. The highest BCUT2D eigenvalue weighted by atomic mass is 79.9. The smallest absolute Gasteiger partial charge is 0.255 e. The largest absolute Gasteiger partial charge is 0.353 e. The zero-order chi connectivity index (χ0) is 17.1. The van der Waals surface area contributed by atoms with Gasteiger partial charge in [0, 0.05) is 38.6 Å². The fraction of sp³-hybridized carbons (Fsp3) is 0.389. The van der Waals surface area contributed by atoms with Crippen molar-refractivity contribution in [1.29, 1.82) is 0 Å². The molecule has 0 bridgehead atoms. The maximum Gasteiger partial charge on any atom is 0.255 e. The van der Waals surface area contributed by atoms with Crippen LogP contribution in [0.5, 0.6) is 0 Å². The molecule has 0 aromatic carbocycles. The van der Waals surface area contributed by atoms with Crippen molar-refractivity contribution in [1.82, 2.24) is 14.9 Å². The number of halogens is 1. The third-order valence-electron chi connectivity index (χ3n) is 4.36. The molecular weight excluding hydrogens is 368 g/mol. The molecule has 0 radical (unpaired) electrons. The minimum atomic E-state index is 0.0423. The summed E-state index contributed by atoms with van der Waals surface area (Å²) < 4.78 is 0.737. The first-order valence-electron chi connectivity index (χ1n) is 8.19. The molecule has 5 nitrogen and oxygen atoms in total. The molecule has 0 saturated carbocycles. The monoisotopic (exact) mass is 388 g/mol. The van der Waals surface area contributed by atoms with Crippen LogP contribution in [-0.4, -0.2) is 47.0 Å². The number of hydrogen-bond donors (Lipinski definition) is 0. The molecule has 2 aromatic rings. The van der Waals surface area contributed by atoms with Crippen molar-refractivity contribution in [2.75, 3.05) is 31.1 Å². The van der Waals surface area contributed by atoms with Crippen LogP contribution in [0.1, 0.15) is 28.4 Å². The molecule has 0 N–H and O–H groups in total. The molecule has 24 heavy (non-hydrogen) atoms. The number of aryl methyl sites for hydroxylation is 2. The van der Waals surface area contributed by atoms with Crippen LogP contribution >= 0.6 is 15.9 Å². The van der Waals surface area contributed by atoms with Gasteiger partial charge in [0.05, 0.1) is 5.56 Å². The molecule has 3 rings (SSSR count). The molecule has 1 saturated heterocycles. The molecule has 0 spiro atoms. The van der Waals surface area contributed by atoms with Gasteiger partial charge in [0.25, 0.3) is 5.91 Å². The maximum atomic E-state index is 12.5. The first kappa shape index (κ1) is 16.9. The van der Waals surface area contributed by atoms with Crippen molar-refractivity contribution >= 4 is 27.7 Å². The second-order valence-corrected chi connectivity index (χ2v) is 6.80. The zero-order valence-corrected chi connectivity index (χ0v) is 15.6. The molecule has 2 aromatic heterocycles. The first-order valence-corrected chi connectivity index (χ1v) is 8.99. The second-order valence-electron chi connectivity index (χ2n) is 5.99. The highest BCUT2D eigenvalue weighted by Gasteiger charge is 2.23. The van der Waals surface area contributed by atoms with Crippen molar-refractivity contribution < 1.29 is 4.79 Å². The molecule has 0 aliphatic carbocycles. The van der Waals surface area contributed by atoms with E-state index in [9.17, 15) is 4.79 Å². The first-order chi connectivity index (χ1) is 11.6. The van der Waals surface area contributed by atoms with Gasteiger partial charge in [-0.1, -0.05) is 13.0 Å². The molecule has 1 aliphatic heterocycles. The van der Waals surface area contributed by atoms with E-state index in [2.05, 4.69) is 50.7 Å². The minimum Gasteiger partial charge on any atom is -0.353 e. The third-order valence-corrected chi connectivity index (χ3v) is 4.83. The average molecular weight is 389 g/mol. The molecule has 0 unspecified atom stereocenters. The van der Waals surface area contributed by atoms with E-state index in [0.717, 1.165) is 29.9 Å². The molecule has 0 atom stereocenters. The Hall–Kier alpha value is -1.95. The maximum absolute atomic E-state index is 12.5. The van der Waals surface area contributed by atoms with Gasteiger partial charge in [-0.05, 0) is 52.5 Å². The number of pyridine rings is 2. The Morgan fingerprint density at radius 1 is 1.17 bits per heavy atom. The SMILES string of the molecule is CCc1cnc(N2CCN(C(=O)c3ccc(Br)nc3)CC2)c(C)c1. The molecule has 1 aliphatic rings. The summed E-state index contributed by atoms with van der Waals surface area (Å²) in [5, 5.41) is 0. The van der Waals surface area contributed by atoms with E-state index in [4.69, 9.17) is 0 Å². The second kappa shape index (κ2) is 7.30. The molecule has 3 heterocycles. The van der Waals surface area contributed by atoms with E-state index < -0.39 is 0 Å². The predicted octanol–water partition coefficient (Wildman–Crippen LogP) is 3.07. The van der Waals surface area contributed by atoms with E-state index in [1.807, 2.05) is 11.1 Å². The summed E-state index contributed by atoms with van der Waals surface area (Å²) in [5.41, 5.74) is 3.09. The number of anilines is 1. The number of piperazine rings is 1. The van der Waals surface area contributed by atoms with Gasteiger partial charge in [0.2, 0.25) is 0 Å². The van der Waals surface area contributed by atoms with Gasteiger partial charge in [0.15, 0.2) is 0 Å². The van der Waals surface area contributed by atoms with E-state index in [-0.39, 0.29) is 5.91 Å². The summed E-state index contributed by atoms with van der Waals surface area (Å²) in [4.78, 5) is 25.4. The topological polar surface area (TPSA) is 49.3 Å². The van der Waals surface area contributed by atoms with Crippen LogP contribution in [0.2, 0.25) is 0 Å². The summed E-state index contributed by atoms with van der Waals surface area (Å²) in [7, 11) is 0. The zero-order valence-electron chi connectivity index (χ0n) is 14.0. The number of carbonyl (C=O) groups is 1. The minimum absolute atomic E-state index is 0.0423. The number of carbonyl (C=O) groups excluding carboxylic acids is 1. The summed E-state index contributed by atoms with van der Waals surface area (Å²) in [5.74, 6) is 1.07. The van der Waals surface area contributed by atoms with Crippen LogP contribution in [0.15, 0.2) is 35.2 Å². The van der Waals surface area contributed by atoms with Gasteiger partial charge < -0.3 is 9.80 Å². The van der Waals surface area contributed by atoms with Crippen LogP contribution in [0, 0.1) is 6.92 Å². The van der Waals surface area contributed by atoms with Gasteiger partial charge in [-0.2, -0.15) is 0 Å². The predicted molar refractivity (Wildman–Crippen MR) is 98.4 cm³/mol. The van der Waals surface area contributed by atoms with Crippen molar-refractivity contribution in [2.45, 2.75) is 20.3 Å². The van der Waals surface area contributed by atoms with Gasteiger partial charge in [-0.25, -0.2) is 9.97 Å². The van der Waals surface area contributed by atoms with Crippen molar-refractivity contribution in [3.05, 3.63) is 51.9 Å². The van der Waals surface area contributed by atoms with Crippen molar-refractivity contribution in [3.63, 3.8) is 0 Å². The van der Waals surface area contributed by atoms with Crippen molar-refractivity contribution in [2.24, 2.45) is 0 Å². The Morgan fingerprint density at radius 2 is 1.92 bits per heavy atom. The van der Waals surface area contributed by atoms with Crippen LogP contribution < -0.4 is 4.90 Å². The highest BCUT2D eigenvalue weighted by molar-refractivity contribution is 9.10. The lowest BCUT2D eigenvalue weighted by molar-refractivity contribution is 0.0746. The number of rotatable bonds is 3. The number of aromatic nitrogens is 2. The summed E-state index contributed by atoms with van der Waals surface area (Å²) >= 11 is 3.29. The summed E-state index contributed by atoms with van der Waals surface area (Å²) in [6.07, 6.45) is 4.57. The van der Waals surface area contributed by atoms with E-state index in [1.165, 1.54) is 11.1 Å². The van der Waals surface area contributed by atoms with Gasteiger partial charge in [0.1, 0.15) is 10.4 Å². The van der Waals surface area contributed by atoms with Crippen molar-refractivity contribution in [3.8, 4) is 0 Å². The van der Waals surface area contributed by atoms with Crippen LogP contribution in [0.4, 0.5) is 5.82 Å². The lowest BCUT2D eigenvalue weighted by Crippen LogP contribution is -2.49. The lowest BCUT2D eigenvalue weighted by Gasteiger charge is -2.36. The number of hydrogen-bond acceptors (Lipinski definition) is 4. The van der Waals surface area contributed by atoms with E-state index in [1.54, 1.807) is 18.3 Å². The average Bonchev–Trinajstić information content (AvgIpc) is 2.62. The normalized spacial score (nSPS) is 14.8. The summed E-state index contributed by atoms with van der Waals surface area (Å²) in [6, 6.07) is 5.81. The Labute approximate surface area is 150 Å². The van der Waals surface area contributed by atoms with E-state index >= 15 is 0 Å². The van der Waals surface area contributed by atoms with Crippen LogP contribution in [0.25, 0.3) is 0 Å². The quantitative estimate of drug-likeness (QED) is 0.758. The molecule has 126 valence electrons. The van der Waals surface area contributed by atoms with Gasteiger partial charge >= 0.3 is 0 Å². The molecular formula is C18H21BrN4O. The lowest BCUT2D eigenvalue weighted by atomic mass is 10.1. The fourth-order valence-corrected chi connectivity index (χ4v) is 3.19. The highest BCUT2D eigenvalue weighted by Crippen LogP contribution is 2.20. The number of amides is 1. The van der Waals surface area contributed by atoms with Gasteiger partial charge in [-0.15, -0.1) is 0 Å². The van der Waals surface area contributed by atoms with E-state index in [0.29, 0.717) is 18.7 Å². The Balaban J connectivity index is 1.65. The number of nitrogens with zero attached hydrogens (tertiary/aromatic N) is 4.